The lowest BCUT2D eigenvalue weighted by Gasteiger charge is -2.21. The fraction of sp³-hybridized carbons (Fsp3) is 0.562. The van der Waals surface area contributed by atoms with Crippen LogP contribution in [0.25, 0.3) is 10.2 Å². The van der Waals surface area contributed by atoms with Gasteiger partial charge in [0.25, 0.3) is 5.56 Å². The first-order valence-electron chi connectivity index (χ1n) is 7.99. The zero-order valence-corrected chi connectivity index (χ0v) is 14.8. The van der Waals surface area contributed by atoms with Crippen LogP contribution in [0.1, 0.15) is 32.1 Å². The molecule has 1 aliphatic carbocycles. The van der Waals surface area contributed by atoms with Crippen LogP contribution in [0.15, 0.2) is 21.4 Å². The van der Waals surface area contributed by atoms with Crippen LogP contribution in [0, 0.1) is 5.92 Å². The molecule has 1 N–H and O–H groups in total. The maximum absolute atomic E-state index is 12.2. The Morgan fingerprint density at radius 2 is 2.22 bits per heavy atom. The van der Waals surface area contributed by atoms with Gasteiger partial charge >= 0.3 is 0 Å². The molecule has 0 radical (unpaired) electrons. The van der Waals surface area contributed by atoms with E-state index in [0.717, 1.165) is 11.4 Å². The van der Waals surface area contributed by atoms with Crippen molar-refractivity contribution in [1.82, 2.24) is 14.9 Å². The average Bonchev–Trinajstić information content (AvgIpc) is 3.04. The minimum absolute atomic E-state index is 0.0149. The van der Waals surface area contributed by atoms with Crippen LogP contribution in [0.4, 0.5) is 0 Å². The van der Waals surface area contributed by atoms with E-state index in [4.69, 9.17) is 0 Å². The summed E-state index contributed by atoms with van der Waals surface area (Å²) in [5, 5.41) is 6.12. The highest BCUT2D eigenvalue weighted by Gasteiger charge is 2.15. The molecule has 0 bridgehead atoms. The number of nitrogens with one attached hydrogen (secondary N) is 1. The van der Waals surface area contributed by atoms with Crippen molar-refractivity contribution in [1.29, 1.82) is 0 Å². The van der Waals surface area contributed by atoms with Crippen molar-refractivity contribution in [2.75, 3.05) is 12.3 Å². The summed E-state index contributed by atoms with van der Waals surface area (Å²) in [6, 6.07) is 1.79. The molecule has 3 rings (SSSR count). The Morgan fingerprint density at radius 3 is 3.00 bits per heavy atom. The van der Waals surface area contributed by atoms with Crippen LogP contribution < -0.4 is 10.9 Å². The maximum atomic E-state index is 12.2. The lowest BCUT2D eigenvalue weighted by molar-refractivity contribution is -0.118. The standard InChI is InChI=1S/C16H21N3O2S2/c1-19-15(21)12-7-8-22-14(12)18-16(19)23-10-13(20)17-9-11-5-3-2-4-6-11/h7-8,11H,2-6,9-10H2,1H3,(H,17,20). The Labute approximate surface area is 143 Å². The Kier molecular flexibility index (Phi) is 5.38. The fourth-order valence-electron chi connectivity index (χ4n) is 2.94. The summed E-state index contributed by atoms with van der Waals surface area (Å²) in [6.45, 7) is 0.774. The first-order valence-corrected chi connectivity index (χ1v) is 9.85. The summed E-state index contributed by atoms with van der Waals surface area (Å²) in [7, 11) is 1.70. The molecular weight excluding hydrogens is 330 g/mol. The second-order valence-corrected chi connectivity index (χ2v) is 7.83. The van der Waals surface area contributed by atoms with Gasteiger partial charge in [-0.25, -0.2) is 4.98 Å². The van der Waals surface area contributed by atoms with Crippen molar-refractivity contribution < 1.29 is 4.79 Å². The molecule has 1 aliphatic rings. The van der Waals surface area contributed by atoms with Gasteiger partial charge in [0.15, 0.2) is 5.16 Å². The van der Waals surface area contributed by atoms with E-state index in [1.807, 2.05) is 5.38 Å². The number of carbonyl (C=O) groups excluding carboxylic acids is 1. The van der Waals surface area contributed by atoms with Crippen LogP contribution in [0.3, 0.4) is 0 Å². The molecule has 0 saturated heterocycles. The van der Waals surface area contributed by atoms with Gasteiger partial charge in [0.2, 0.25) is 5.91 Å². The minimum Gasteiger partial charge on any atom is -0.355 e. The summed E-state index contributed by atoms with van der Waals surface area (Å²) in [5.74, 6) is 0.938. The van der Waals surface area contributed by atoms with E-state index in [-0.39, 0.29) is 11.5 Å². The average molecular weight is 351 g/mol. The van der Waals surface area contributed by atoms with E-state index in [1.165, 1.54) is 59.8 Å². The summed E-state index contributed by atoms with van der Waals surface area (Å²) >= 11 is 2.77. The molecule has 0 aromatic carbocycles. The number of fused-ring (bicyclic) bond motifs is 1. The normalized spacial score (nSPS) is 15.9. The topological polar surface area (TPSA) is 64.0 Å². The largest absolute Gasteiger partial charge is 0.355 e. The summed E-state index contributed by atoms with van der Waals surface area (Å²) in [6.07, 6.45) is 6.33. The number of amides is 1. The summed E-state index contributed by atoms with van der Waals surface area (Å²) < 4.78 is 1.52. The third kappa shape index (κ3) is 3.95. The first-order chi connectivity index (χ1) is 11.1. The van der Waals surface area contributed by atoms with Gasteiger partial charge in [-0.05, 0) is 30.2 Å². The first kappa shape index (κ1) is 16.5. The van der Waals surface area contributed by atoms with Gasteiger partial charge in [-0.15, -0.1) is 11.3 Å². The van der Waals surface area contributed by atoms with Gasteiger partial charge in [-0.1, -0.05) is 31.0 Å². The predicted molar refractivity (Wildman–Crippen MR) is 95.2 cm³/mol. The van der Waals surface area contributed by atoms with Gasteiger partial charge in [-0.3, -0.25) is 14.2 Å². The van der Waals surface area contributed by atoms with Gasteiger partial charge in [-0.2, -0.15) is 0 Å². The third-order valence-electron chi connectivity index (χ3n) is 4.31. The van der Waals surface area contributed by atoms with Crippen molar-refractivity contribution >= 4 is 39.2 Å². The molecule has 1 fully saturated rings. The quantitative estimate of drug-likeness (QED) is 0.664. The number of hydrogen-bond donors (Lipinski definition) is 1. The Hall–Kier alpha value is -1.34. The molecule has 0 unspecified atom stereocenters. The van der Waals surface area contributed by atoms with Crippen LogP contribution in [-0.4, -0.2) is 27.8 Å². The van der Waals surface area contributed by atoms with E-state index >= 15 is 0 Å². The number of hydrogen-bond acceptors (Lipinski definition) is 5. The Balaban J connectivity index is 1.56. The van der Waals surface area contributed by atoms with E-state index < -0.39 is 0 Å². The highest BCUT2D eigenvalue weighted by atomic mass is 32.2. The molecule has 2 aromatic heterocycles. The highest BCUT2D eigenvalue weighted by molar-refractivity contribution is 7.99. The predicted octanol–water partition coefficient (Wildman–Crippen LogP) is 2.78. The second-order valence-electron chi connectivity index (χ2n) is 5.99. The van der Waals surface area contributed by atoms with Gasteiger partial charge in [0, 0.05) is 13.6 Å². The SMILES string of the molecule is Cn1c(SCC(=O)NCC2CCCCC2)nc2sccc2c1=O. The summed E-state index contributed by atoms with van der Waals surface area (Å²) in [5.41, 5.74) is -0.0543. The number of nitrogens with zero attached hydrogens (tertiary/aromatic N) is 2. The number of thioether (sulfide) groups is 1. The van der Waals surface area contributed by atoms with Crippen molar-refractivity contribution in [3.8, 4) is 0 Å². The maximum Gasteiger partial charge on any atom is 0.262 e. The molecule has 0 atom stereocenters. The lowest BCUT2D eigenvalue weighted by atomic mass is 9.89. The molecule has 1 amide bonds. The second kappa shape index (κ2) is 7.49. The van der Waals surface area contributed by atoms with Crippen molar-refractivity contribution in [2.24, 2.45) is 13.0 Å². The monoisotopic (exact) mass is 351 g/mol. The molecule has 23 heavy (non-hydrogen) atoms. The molecule has 5 nitrogen and oxygen atoms in total. The molecule has 7 heteroatoms. The Bertz CT molecular complexity index is 747. The van der Waals surface area contributed by atoms with Gasteiger partial charge < -0.3 is 5.32 Å². The molecule has 0 aliphatic heterocycles. The zero-order valence-electron chi connectivity index (χ0n) is 13.2. The molecular formula is C16H21N3O2S2. The molecule has 1 saturated carbocycles. The molecule has 0 spiro atoms. The minimum atomic E-state index is -0.0543. The van der Waals surface area contributed by atoms with E-state index in [9.17, 15) is 9.59 Å². The molecule has 2 aromatic rings. The van der Waals surface area contributed by atoms with Crippen LogP contribution >= 0.6 is 23.1 Å². The third-order valence-corrected chi connectivity index (χ3v) is 6.15. The van der Waals surface area contributed by atoms with E-state index in [0.29, 0.717) is 22.2 Å². The van der Waals surface area contributed by atoms with Gasteiger partial charge in [0.1, 0.15) is 4.83 Å². The summed E-state index contributed by atoms with van der Waals surface area (Å²) in [4.78, 5) is 29.4. The van der Waals surface area contributed by atoms with Gasteiger partial charge in [0.05, 0.1) is 11.1 Å². The Morgan fingerprint density at radius 1 is 1.43 bits per heavy atom. The molecule has 2 heterocycles. The fourth-order valence-corrected chi connectivity index (χ4v) is 4.55. The number of rotatable bonds is 5. The lowest BCUT2D eigenvalue weighted by Crippen LogP contribution is -2.31. The highest BCUT2D eigenvalue weighted by Crippen LogP contribution is 2.23. The smallest absolute Gasteiger partial charge is 0.262 e. The number of carbonyl (C=O) groups is 1. The van der Waals surface area contributed by atoms with Crippen LogP contribution in [-0.2, 0) is 11.8 Å². The van der Waals surface area contributed by atoms with E-state index in [2.05, 4.69) is 10.3 Å². The number of thiophene rings is 1. The molecule has 124 valence electrons. The zero-order chi connectivity index (χ0) is 16.2. The van der Waals surface area contributed by atoms with Crippen LogP contribution in [0.5, 0.6) is 0 Å². The van der Waals surface area contributed by atoms with E-state index in [1.54, 1.807) is 13.1 Å². The van der Waals surface area contributed by atoms with Crippen molar-refractivity contribution in [2.45, 2.75) is 37.3 Å². The van der Waals surface area contributed by atoms with Crippen LogP contribution in [0.2, 0.25) is 0 Å². The van der Waals surface area contributed by atoms with Crippen molar-refractivity contribution in [3.63, 3.8) is 0 Å². The van der Waals surface area contributed by atoms with Crippen molar-refractivity contribution in [3.05, 3.63) is 21.8 Å². The number of aromatic nitrogens is 2.